The average Bonchev–Trinajstić information content (AvgIpc) is 2.02. The van der Waals surface area contributed by atoms with Crippen LogP contribution < -0.4 is 5.73 Å². The molecule has 0 heterocycles. The van der Waals surface area contributed by atoms with Gasteiger partial charge in [0.05, 0.1) is 0 Å². The Bertz CT molecular complexity index is 184. The first-order valence-corrected chi connectivity index (χ1v) is 5.28. The topological polar surface area (TPSA) is 46.3 Å². The minimum Gasteiger partial charge on any atom is -0.346 e. The van der Waals surface area contributed by atoms with Gasteiger partial charge in [0.1, 0.15) is 0 Å². The number of carbonyl (C=O) groups excluding carboxylic acids is 1. The second kappa shape index (κ2) is 5.35. The third-order valence-corrected chi connectivity index (χ3v) is 2.49. The molecular formula is C11H24N2O. The average molecular weight is 200 g/mol. The van der Waals surface area contributed by atoms with Crippen LogP contribution in [0.25, 0.3) is 0 Å². The monoisotopic (exact) mass is 200 g/mol. The Morgan fingerprint density at radius 3 is 2.29 bits per heavy atom. The molecule has 0 aliphatic heterocycles. The van der Waals surface area contributed by atoms with Crippen LogP contribution in [0.15, 0.2) is 0 Å². The Morgan fingerprint density at radius 2 is 1.93 bits per heavy atom. The molecule has 3 heteroatoms. The van der Waals surface area contributed by atoms with Crippen molar-refractivity contribution in [2.75, 3.05) is 13.6 Å². The number of nitrogens with two attached hydrogens (primary N) is 1. The van der Waals surface area contributed by atoms with Crippen LogP contribution in [0.2, 0.25) is 0 Å². The van der Waals surface area contributed by atoms with E-state index >= 15 is 0 Å². The van der Waals surface area contributed by atoms with E-state index in [1.54, 1.807) is 4.90 Å². The molecule has 0 aliphatic carbocycles. The fraction of sp³-hybridized carbons (Fsp3) is 0.909. The molecule has 14 heavy (non-hydrogen) atoms. The molecule has 1 amide bonds. The van der Waals surface area contributed by atoms with E-state index in [1.807, 2.05) is 7.05 Å². The van der Waals surface area contributed by atoms with Crippen molar-refractivity contribution in [3.63, 3.8) is 0 Å². The standard InChI is InChI=1S/C11H24N2O/c1-6-7-13(5)10(14)8-9(12)11(2,3)4/h9H,6-8,12H2,1-5H3. The second-order valence-electron chi connectivity index (χ2n) is 4.99. The van der Waals surface area contributed by atoms with Crippen LogP contribution in [-0.2, 0) is 4.79 Å². The predicted molar refractivity (Wildman–Crippen MR) is 60.0 cm³/mol. The van der Waals surface area contributed by atoms with Crippen molar-refractivity contribution < 1.29 is 4.79 Å². The van der Waals surface area contributed by atoms with Gasteiger partial charge in [-0.15, -0.1) is 0 Å². The summed E-state index contributed by atoms with van der Waals surface area (Å²) in [7, 11) is 1.83. The number of carbonyl (C=O) groups is 1. The summed E-state index contributed by atoms with van der Waals surface area (Å²) >= 11 is 0. The lowest BCUT2D eigenvalue weighted by atomic mass is 9.85. The molecule has 0 aliphatic rings. The summed E-state index contributed by atoms with van der Waals surface area (Å²) in [5.41, 5.74) is 5.94. The summed E-state index contributed by atoms with van der Waals surface area (Å²) in [6, 6.07) is -0.0608. The smallest absolute Gasteiger partial charge is 0.223 e. The van der Waals surface area contributed by atoms with Gasteiger partial charge in [0, 0.05) is 26.1 Å². The molecule has 84 valence electrons. The Hall–Kier alpha value is -0.570. The quantitative estimate of drug-likeness (QED) is 0.749. The number of amides is 1. The van der Waals surface area contributed by atoms with E-state index in [2.05, 4.69) is 27.7 Å². The molecule has 0 fully saturated rings. The minimum atomic E-state index is -0.0608. The van der Waals surface area contributed by atoms with E-state index in [0.29, 0.717) is 6.42 Å². The molecule has 0 radical (unpaired) electrons. The summed E-state index contributed by atoms with van der Waals surface area (Å²) in [5.74, 6) is 0.147. The van der Waals surface area contributed by atoms with Crippen molar-refractivity contribution in [2.45, 2.75) is 46.6 Å². The summed E-state index contributed by atoms with van der Waals surface area (Å²) < 4.78 is 0. The van der Waals surface area contributed by atoms with Gasteiger partial charge >= 0.3 is 0 Å². The normalized spacial score (nSPS) is 13.9. The lowest BCUT2D eigenvalue weighted by Gasteiger charge is -2.28. The Kier molecular flexibility index (Phi) is 5.13. The van der Waals surface area contributed by atoms with Crippen molar-refractivity contribution in [2.24, 2.45) is 11.1 Å². The number of hydrogen-bond acceptors (Lipinski definition) is 2. The highest BCUT2D eigenvalue weighted by Crippen LogP contribution is 2.20. The van der Waals surface area contributed by atoms with E-state index in [1.165, 1.54) is 0 Å². The molecule has 1 atom stereocenters. The van der Waals surface area contributed by atoms with Crippen LogP contribution in [0.1, 0.15) is 40.5 Å². The molecule has 2 N–H and O–H groups in total. The zero-order valence-electron chi connectivity index (χ0n) is 10.1. The SMILES string of the molecule is CCCN(C)C(=O)CC(N)C(C)(C)C. The Labute approximate surface area is 87.6 Å². The first kappa shape index (κ1) is 13.4. The van der Waals surface area contributed by atoms with Crippen LogP contribution in [0.5, 0.6) is 0 Å². The van der Waals surface area contributed by atoms with Gasteiger partial charge in [-0.05, 0) is 11.8 Å². The van der Waals surface area contributed by atoms with Crippen LogP contribution in [0.3, 0.4) is 0 Å². The Balaban J connectivity index is 4.06. The van der Waals surface area contributed by atoms with Crippen molar-refractivity contribution in [3.05, 3.63) is 0 Å². The van der Waals surface area contributed by atoms with Gasteiger partial charge in [0.25, 0.3) is 0 Å². The van der Waals surface area contributed by atoms with E-state index in [4.69, 9.17) is 5.73 Å². The third-order valence-electron chi connectivity index (χ3n) is 2.49. The molecule has 0 aromatic carbocycles. The zero-order chi connectivity index (χ0) is 11.4. The molecule has 1 unspecified atom stereocenters. The van der Waals surface area contributed by atoms with Crippen LogP contribution >= 0.6 is 0 Å². The van der Waals surface area contributed by atoms with Gasteiger partial charge in [-0.1, -0.05) is 27.7 Å². The molecule has 0 spiro atoms. The summed E-state index contributed by atoms with van der Waals surface area (Å²) in [6.45, 7) is 9.06. The fourth-order valence-corrected chi connectivity index (χ4v) is 1.11. The van der Waals surface area contributed by atoms with Gasteiger partial charge in [0.15, 0.2) is 0 Å². The fourth-order valence-electron chi connectivity index (χ4n) is 1.11. The van der Waals surface area contributed by atoms with Gasteiger partial charge in [0.2, 0.25) is 5.91 Å². The van der Waals surface area contributed by atoms with Gasteiger partial charge < -0.3 is 10.6 Å². The maximum atomic E-state index is 11.6. The molecule has 0 aromatic rings. The predicted octanol–water partition coefficient (Wildman–Crippen LogP) is 1.62. The van der Waals surface area contributed by atoms with Crippen LogP contribution in [0, 0.1) is 5.41 Å². The van der Waals surface area contributed by atoms with E-state index in [9.17, 15) is 4.79 Å². The summed E-state index contributed by atoms with van der Waals surface area (Å²) in [4.78, 5) is 13.4. The lowest BCUT2D eigenvalue weighted by molar-refractivity contribution is -0.130. The summed E-state index contributed by atoms with van der Waals surface area (Å²) in [5, 5.41) is 0. The molecule has 0 aromatic heterocycles. The van der Waals surface area contributed by atoms with Crippen molar-refractivity contribution >= 4 is 5.91 Å². The molecule has 0 saturated carbocycles. The molecule has 0 bridgehead atoms. The molecule has 3 nitrogen and oxygen atoms in total. The highest BCUT2D eigenvalue weighted by molar-refractivity contribution is 5.76. The summed E-state index contributed by atoms with van der Waals surface area (Å²) in [6.07, 6.45) is 1.44. The maximum absolute atomic E-state index is 11.6. The maximum Gasteiger partial charge on any atom is 0.223 e. The van der Waals surface area contributed by atoms with Gasteiger partial charge in [-0.3, -0.25) is 4.79 Å². The zero-order valence-corrected chi connectivity index (χ0v) is 10.1. The number of nitrogens with zero attached hydrogens (tertiary/aromatic N) is 1. The van der Waals surface area contributed by atoms with Crippen LogP contribution in [-0.4, -0.2) is 30.4 Å². The van der Waals surface area contributed by atoms with Crippen molar-refractivity contribution in [3.8, 4) is 0 Å². The molecular weight excluding hydrogens is 176 g/mol. The lowest BCUT2D eigenvalue weighted by Crippen LogP contribution is -2.40. The minimum absolute atomic E-state index is 0.00269. The highest BCUT2D eigenvalue weighted by atomic mass is 16.2. The Morgan fingerprint density at radius 1 is 1.43 bits per heavy atom. The van der Waals surface area contributed by atoms with Crippen molar-refractivity contribution in [1.29, 1.82) is 0 Å². The van der Waals surface area contributed by atoms with E-state index in [-0.39, 0.29) is 17.4 Å². The first-order chi connectivity index (χ1) is 6.29. The van der Waals surface area contributed by atoms with Gasteiger partial charge in [-0.25, -0.2) is 0 Å². The van der Waals surface area contributed by atoms with E-state index < -0.39 is 0 Å². The number of rotatable bonds is 4. The molecule has 0 rings (SSSR count). The van der Waals surface area contributed by atoms with Gasteiger partial charge in [-0.2, -0.15) is 0 Å². The largest absolute Gasteiger partial charge is 0.346 e. The highest BCUT2D eigenvalue weighted by Gasteiger charge is 2.24. The van der Waals surface area contributed by atoms with Crippen LogP contribution in [0.4, 0.5) is 0 Å². The second-order valence-corrected chi connectivity index (χ2v) is 4.99. The number of hydrogen-bond donors (Lipinski definition) is 1. The van der Waals surface area contributed by atoms with E-state index in [0.717, 1.165) is 13.0 Å². The first-order valence-electron chi connectivity index (χ1n) is 5.28. The third kappa shape index (κ3) is 4.61. The molecule has 0 saturated heterocycles. The van der Waals surface area contributed by atoms with Crippen molar-refractivity contribution in [1.82, 2.24) is 4.90 Å².